The molecule has 2 saturated carbocycles. The van der Waals surface area contributed by atoms with Crippen molar-refractivity contribution in [3.63, 3.8) is 0 Å². The molecule has 135 heavy (non-hydrogen) atoms. The number of rotatable bonds is 39. The van der Waals surface area contributed by atoms with Crippen LogP contribution in [0.2, 0.25) is 0 Å². The highest BCUT2D eigenvalue weighted by molar-refractivity contribution is 6.24. The summed E-state index contributed by atoms with van der Waals surface area (Å²) in [6, 6.07) is 46.2. The van der Waals surface area contributed by atoms with Gasteiger partial charge < -0.3 is 75.0 Å². The van der Waals surface area contributed by atoms with Crippen LogP contribution in [0.4, 0.5) is 11.6 Å². The second kappa shape index (κ2) is 45.7. The van der Waals surface area contributed by atoms with E-state index in [0.717, 1.165) is 194 Å². The first-order valence-corrected chi connectivity index (χ1v) is 47.9. The number of nitrogens with one attached hydrogen (secondary N) is 4. The number of nitrogens with zero attached hydrogens (tertiary/aromatic N) is 12. The lowest BCUT2D eigenvalue weighted by Crippen LogP contribution is -2.52. The summed E-state index contributed by atoms with van der Waals surface area (Å²) in [5.74, 6) is 1.32. The maximum atomic E-state index is 13.3. The molecule has 18 rings (SSSR count). The first-order chi connectivity index (χ1) is 66.1. The Morgan fingerprint density at radius 1 is 0.378 bits per heavy atom. The number of para-hydroxylation sites is 2. The van der Waals surface area contributed by atoms with E-state index in [1.807, 2.05) is 84.9 Å². The monoisotopic (exact) mass is 1840 g/mol. The number of benzene rings is 6. The van der Waals surface area contributed by atoms with Crippen molar-refractivity contribution in [2.24, 2.45) is 0 Å². The quantitative estimate of drug-likeness (QED) is 0.0154. The van der Waals surface area contributed by atoms with Gasteiger partial charge in [0, 0.05) is 152 Å². The molecule has 0 spiro atoms. The van der Waals surface area contributed by atoms with Gasteiger partial charge in [0.25, 0.3) is 23.6 Å². The number of carbonyl (C=O) groups is 8. The smallest absolute Gasteiger partial charge is 0.262 e. The molecule has 33 nitrogen and oxygen atoms in total. The van der Waals surface area contributed by atoms with Crippen LogP contribution in [0, 0.1) is 0 Å². The molecule has 10 heterocycles. The fourth-order valence-corrected chi connectivity index (χ4v) is 20.2. The Kier molecular flexibility index (Phi) is 32.0. The third-order valence-corrected chi connectivity index (χ3v) is 27.3. The second-order valence-corrected chi connectivity index (χ2v) is 35.7. The Morgan fingerprint density at radius 3 is 1.13 bits per heavy atom. The summed E-state index contributed by atoms with van der Waals surface area (Å²) in [5, 5.41) is 13.0. The fourth-order valence-electron chi connectivity index (χ4n) is 20.2. The number of aryl methyl sites for hydroxylation is 2. The predicted octanol–water partition coefficient (Wildman–Crippen LogP) is 10.5. The number of fused-ring (bicyclic) bond motifs is 4. The summed E-state index contributed by atoms with van der Waals surface area (Å²) in [6.07, 6.45) is 19.7. The van der Waals surface area contributed by atoms with E-state index in [-0.39, 0.29) is 47.6 Å². The van der Waals surface area contributed by atoms with Crippen LogP contribution in [0.3, 0.4) is 0 Å². The molecule has 4 aromatic heterocycles. The Morgan fingerprint density at radius 2 is 0.741 bits per heavy atom. The molecular formula is C102H122N18O15. The Hall–Kier alpha value is -12.4. The van der Waals surface area contributed by atoms with Crippen LogP contribution in [0.15, 0.2) is 171 Å². The average Bonchev–Trinajstić information content (AvgIpc) is 1.62. The average molecular weight is 1840 g/mol. The van der Waals surface area contributed by atoms with Gasteiger partial charge in [-0.2, -0.15) is 0 Å². The van der Waals surface area contributed by atoms with Crippen LogP contribution >= 0.6 is 0 Å². The molecule has 33 heteroatoms. The molecule has 6 aliphatic heterocycles. The van der Waals surface area contributed by atoms with Crippen LogP contribution < -0.4 is 42.2 Å². The number of aromatic nitrogens is 6. The number of piperazine rings is 2. The molecule has 10 aromatic rings. The largest absolute Gasteiger partial charge is 0.457 e. The second-order valence-electron chi connectivity index (χ2n) is 35.7. The zero-order chi connectivity index (χ0) is 92.9. The van der Waals surface area contributed by atoms with Gasteiger partial charge in [-0.05, 0) is 173 Å². The first-order valence-electron chi connectivity index (χ1n) is 47.9. The molecule has 2 aliphatic carbocycles. The number of imide groups is 2. The Bertz CT molecular complexity index is 5750. The van der Waals surface area contributed by atoms with Crippen molar-refractivity contribution >= 4 is 81.0 Å². The van der Waals surface area contributed by atoms with Crippen LogP contribution in [0.1, 0.15) is 155 Å². The number of nitrogen functional groups attached to an aromatic ring is 2. The summed E-state index contributed by atoms with van der Waals surface area (Å²) in [6.45, 7) is 16.7. The van der Waals surface area contributed by atoms with Gasteiger partial charge in [-0.3, -0.25) is 67.8 Å². The maximum Gasteiger partial charge on any atom is 0.262 e. The molecule has 6 fully saturated rings. The van der Waals surface area contributed by atoms with Gasteiger partial charge in [0.2, 0.25) is 23.6 Å². The number of piperidine rings is 2. The molecule has 2 atom stereocenters. The summed E-state index contributed by atoms with van der Waals surface area (Å²) in [7, 11) is 0. The Labute approximate surface area is 785 Å². The molecule has 710 valence electrons. The molecule has 0 radical (unpaired) electrons. The summed E-state index contributed by atoms with van der Waals surface area (Å²) in [5.41, 5.74) is 21.3. The lowest BCUT2D eigenvalue weighted by atomic mass is 9.89. The van der Waals surface area contributed by atoms with Crippen molar-refractivity contribution in [3.8, 4) is 45.3 Å². The third-order valence-electron chi connectivity index (χ3n) is 27.3. The molecule has 0 bridgehead atoms. The summed E-state index contributed by atoms with van der Waals surface area (Å²) >= 11 is 0. The molecule has 8 aliphatic rings. The number of anilines is 2. The van der Waals surface area contributed by atoms with Crippen molar-refractivity contribution in [1.29, 1.82) is 0 Å². The molecule has 8 N–H and O–H groups in total. The van der Waals surface area contributed by atoms with Gasteiger partial charge in [0.15, 0.2) is 0 Å². The van der Waals surface area contributed by atoms with Gasteiger partial charge in [0.05, 0.1) is 99.1 Å². The van der Waals surface area contributed by atoms with Gasteiger partial charge in [-0.25, -0.2) is 19.9 Å². The zero-order valence-electron chi connectivity index (χ0n) is 76.6. The minimum Gasteiger partial charge on any atom is -0.457 e. The van der Waals surface area contributed by atoms with E-state index in [0.29, 0.717) is 189 Å². The highest BCUT2D eigenvalue weighted by atomic mass is 16.5. The third kappa shape index (κ3) is 23.1. The highest BCUT2D eigenvalue weighted by Gasteiger charge is 2.47. The van der Waals surface area contributed by atoms with Gasteiger partial charge in [-0.1, -0.05) is 84.9 Å². The zero-order valence-corrected chi connectivity index (χ0v) is 76.6. The standard InChI is InChI=1S/C52H63N9O8.C50H59N9O7/c53-48-47-43(36-11-18-41(19-12-36)69-40-7-2-1-3-8-40)34-60(49(47)57-35-56-48)39-16-14-38(15-17-39)59-25-23-58(24-26-59)27-29-67-31-33-68-32-30-66-28-22-54-45(62)20-13-37-6-4-9-42-46(37)52(65)61(51(42)64)44-10-5-21-55-50(44)63;51-46-45-41(34-11-18-39(19-12-34)66-38-7-2-1-3-8-38)32-58(47(45)55-33-54-46)37-16-14-36(15-17-37)57-25-23-56(24-26-57)27-29-65-31-30-64-28-22-52-43(60)20-13-35-6-4-9-40-44(35)50(63)59(49(40)62)42-10-5-21-53-48(42)61/h1-4,6-9,11-12,18-19,34-35,38-39,44H,5,10,13-17,20-33H2,(H,54,62)(H,55,63)(H2,53,56,57);1-4,6-9,11-12,18-19,32-33,36-37,42H,5,10,13-17,20-31H2,(H,52,60)(H,53,61)(H2,51,54,55). The van der Waals surface area contributed by atoms with Crippen molar-refractivity contribution in [1.82, 2.24) is 79.7 Å². The number of nitrogens with two attached hydrogens (primary N) is 2. The molecular weight excluding hydrogens is 1720 g/mol. The van der Waals surface area contributed by atoms with Gasteiger partial charge in [-0.15, -0.1) is 0 Å². The van der Waals surface area contributed by atoms with Crippen LogP contribution in [0.25, 0.3) is 44.3 Å². The topological polar surface area (TPSA) is 382 Å². The van der Waals surface area contributed by atoms with E-state index in [9.17, 15) is 38.4 Å². The van der Waals surface area contributed by atoms with E-state index in [1.54, 1.807) is 49.1 Å². The van der Waals surface area contributed by atoms with Crippen molar-refractivity contribution in [2.75, 3.05) is 169 Å². The predicted molar refractivity (Wildman–Crippen MR) is 509 cm³/mol. The normalized spacial score (nSPS) is 20.2. The minimum absolute atomic E-state index is 0.149. The van der Waals surface area contributed by atoms with Gasteiger partial charge >= 0.3 is 0 Å². The Balaban J connectivity index is 0.000000188. The van der Waals surface area contributed by atoms with Crippen LogP contribution in [-0.4, -0.2) is 288 Å². The number of amides is 8. The lowest BCUT2D eigenvalue weighted by Gasteiger charge is -2.42. The van der Waals surface area contributed by atoms with Crippen molar-refractivity contribution < 1.29 is 71.5 Å². The molecule has 2 unspecified atom stereocenters. The van der Waals surface area contributed by atoms with Crippen LogP contribution in [0.5, 0.6) is 23.0 Å². The SMILES string of the molecule is Nc1ncnc2c1c(-c1ccc(Oc3ccccc3)cc1)cn2C1CCC(N2CCN(CCOCCOCCNC(=O)CCc3cccc4c3C(=O)N(C3CCCNC3=O)C4=O)CC2)CC1.Nc1ncnc2c1c(-c1ccc(Oc3ccccc3)cc1)cn2C1CCC(N2CCN(CCOCCOCCOCCNC(=O)CCc3cccc4c3C(=O)N(C3CCCNC3=O)C4=O)CC2)CC1. The first kappa shape index (κ1) is 94.3. The van der Waals surface area contributed by atoms with Crippen LogP contribution in [-0.2, 0) is 55.7 Å². The molecule has 6 aromatic carbocycles. The van der Waals surface area contributed by atoms with Crippen molar-refractivity contribution in [2.45, 2.75) is 139 Å². The molecule has 8 amide bonds. The van der Waals surface area contributed by atoms with E-state index < -0.39 is 35.7 Å². The van der Waals surface area contributed by atoms with E-state index in [2.05, 4.69) is 96.6 Å². The van der Waals surface area contributed by atoms with E-state index in [4.69, 9.17) is 54.6 Å². The van der Waals surface area contributed by atoms with E-state index >= 15 is 0 Å². The number of hydrogen-bond acceptors (Lipinski definition) is 25. The highest BCUT2D eigenvalue weighted by Crippen LogP contribution is 2.43. The maximum absolute atomic E-state index is 13.3. The number of carbonyl (C=O) groups excluding carboxylic acids is 8. The fraction of sp³-hybridized carbons (Fsp3) is 0.451. The minimum atomic E-state index is -0.805. The lowest BCUT2D eigenvalue weighted by molar-refractivity contribution is -0.127. The number of ether oxygens (including phenoxy) is 7. The van der Waals surface area contributed by atoms with Gasteiger partial charge in [0.1, 0.15) is 70.7 Å². The van der Waals surface area contributed by atoms with E-state index in [1.165, 1.54) is 0 Å². The molecule has 4 saturated heterocycles. The van der Waals surface area contributed by atoms with Crippen molar-refractivity contribution in [3.05, 3.63) is 204 Å². The summed E-state index contributed by atoms with van der Waals surface area (Å²) in [4.78, 5) is 133. The number of hydrogen-bond donors (Lipinski definition) is 6. The summed E-state index contributed by atoms with van der Waals surface area (Å²) < 4.78 is 45.5.